The van der Waals surface area contributed by atoms with Crippen LogP contribution in [0.1, 0.15) is 46.0 Å². The van der Waals surface area contributed by atoms with Crippen LogP contribution in [0.25, 0.3) is 0 Å². The van der Waals surface area contributed by atoms with Crippen molar-refractivity contribution in [3.8, 4) is 0 Å². The molecule has 88 valence electrons. The predicted octanol–water partition coefficient (Wildman–Crippen LogP) is 3.67. The Bertz CT molecular complexity index is 215. The van der Waals surface area contributed by atoms with Crippen LogP contribution in [-0.4, -0.2) is 29.4 Å². The van der Waals surface area contributed by atoms with E-state index in [0.717, 1.165) is 17.3 Å². The zero-order valence-corrected chi connectivity index (χ0v) is 11.7. The molecule has 1 saturated heterocycles. The van der Waals surface area contributed by atoms with Gasteiger partial charge in [-0.2, -0.15) is 0 Å². The molecule has 0 bridgehead atoms. The molecular formula is C13H24BrN. The number of hydrogen-bond donors (Lipinski definition) is 0. The molecule has 1 heterocycles. The third kappa shape index (κ3) is 2.76. The second kappa shape index (κ2) is 4.75. The van der Waals surface area contributed by atoms with Crippen molar-refractivity contribution < 1.29 is 0 Å². The van der Waals surface area contributed by atoms with E-state index in [-0.39, 0.29) is 0 Å². The van der Waals surface area contributed by atoms with Gasteiger partial charge in [-0.25, -0.2) is 0 Å². The topological polar surface area (TPSA) is 3.24 Å². The molecule has 1 aliphatic heterocycles. The quantitative estimate of drug-likeness (QED) is 0.710. The number of nitrogens with zero attached hydrogens (tertiary/aromatic N) is 1. The van der Waals surface area contributed by atoms with Crippen LogP contribution in [0.3, 0.4) is 0 Å². The van der Waals surface area contributed by atoms with Crippen molar-refractivity contribution in [3.05, 3.63) is 0 Å². The maximum absolute atomic E-state index is 3.64. The van der Waals surface area contributed by atoms with Crippen molar-refractivity contribution in [3.63, 3.8) is 0 Å². The Kier molecular flexibility index (Phi) is 3.77. The number of halogens is 1. The number of rotatable bonds is 3. The highest BCUT2D eigenvalue weighted by Crippen LogP contribution is 2.37. The summed E-state index contributed by atoms with van der Waals surface area (Å²) in [6.45, 7) is 7.38. The van der Waals surface area contributed by atoms with Crippen molar-refractivity contribution >= 4 is 15.9 Å². The van der Waals surface area contributed by atoms with Crippen LogP contribution in [0.4, 0.5) is 0 Å². The third-order valence-corrected chi connectivity index (χ3v) is 5.64. The number of fused-ring (bicyclic) bond motifs is 1. The first-order valence-electron chi connectivity index (χ1n) is 6.42. The lowest BCUT2D eigenvalue weighted by Gasteiger charge is -2.36. The van der Waals surface area contributed by atoms with Gasteiger partial charge in [-0.3, -0.25) is 4.90 Å². The molecule has 0 aromatic carbocycles. The molecule has 2 unspecified atom stereocenters. The lowest BCUT2D eigenvalue weighted by atomic mass is 9.84. The zero-order valence-electron chi connectivity index (χ0n) is 10.1. The fraction of sp³-hybridized carbons (Fsp3) is 1.00. The van der Waals surface area contributed by atoms with E-state index in [4.69, 9.17) is 0 Å². The number of likely N-dealkylation sites (tertiary alicyclic amines) is 1. The van der Waals surface area contributed by atoms with Gasteiger partial charge in [0.25, 0.3) is 0 Å². The monoisotopic (exact) mass is 273 g/mol. The van der Waals surface area contributed by atoms with Gasteiger partial charge in [0.05, 0.1) is 0 Å². The summed E-state index contributed by atoms with van der Waals surface area (Å²) in [6, 6.07) is 0.928. The van der Waals surface area contributed by atoms with Crippen LogP contribution in [-0.2, 0) is 0 Å². The lowest BCUT2D eigenvalue weighted by molar-refractivity contribution is 0.139. The predicted molar refractivity (Wildman–Crippen MR) is 69.5 cm³/mol. The first kappa shape index (κ1) is 11.9. The highest BCUT2D eigenvalue weighted by molar-refractivity contribution is 9.09. The van der Waals surface area contributed by atoms with E-state index in [1.807, 2.05) is 0 Å². The average Bonchev–Trinajstić information content (AvgIpc) is 2.62. The fourth-order valence-electron chi connectivity index (χ4n) is 3.29. The van der Waals surface area contributed by atoms with Gasteiger partial charge >= 0.3 is 0 Å². The Hall–Kier alpha value is 0.440. The normalized spacial score (nSPS) is 33.0. The Morgan fingerprint density at radius 2 is 1.93 bits per heavy atom. The van der Waals surface area contributed by atoms with E-state index >= 15 is 0 Å². The molecule has 2 aliphatic rings. The molecule has 1 saturated carbocycles. The van der Waals surface area contributed by atoms with E-state index < -0.39 is 0 Å². The maximum Gasteiger partial charge on any atom is 0.0124 e. The van der Waals surface area contributed by atoms with Crippen molar-refractivity contribution in [1.82, 2.24) is 4.90 Å². The van der Waals surface area contributed by atoms with Gasteiger partial charge in [0.2, 0.25) is 0 Å². The van der Waals surface area contributed by atoms with Crippen molar-refractivity contribution in [2.24, 2.45) is 11.3 Å². The van der Waals surface area contributed by atoms with Gasteiger partial charge in [0.1, 0.15) is 0 Å². The minimum atomic E-state index is 0.437. The van der Waals surface area contributed by atoms with Crippen LogP contribution in [0, 0.1) is 11.3 Å². The molecule has 1 nitrogen and oxygen atoms in total. The van der Waals surface area contributed by atoms with Crippen LogP contribution in [0.5, 0.6) is 0 Å². The number of hydrogen-bond acceptors (Lipinski definition) is 1. The number of alkyl halides is 1. The molecule has 0 spiro atoms. The third-order valence-electron chi connectivity index (χ3n) is 4.12. The summed E-state index contributed by atoms with van der Waals surface area (Å²) in [7, 11) is 0. The van der Waals surface area contributed by atoms with E-state index in [0.29, 0.717) is 5.41 Å². The Balaban J connectivity index is 1.93. The maximum atomic E-state index is 3.64. The summed E-state index contributed by atoms with van der Waals surface area (Å²) in [5.74, 6) is 1.03. The van der Waals surface area contributed by atoms with Gasteiger partial charge in [-0.1, -0.05) is 42.6 Å². The van der Waals surface area contributed by atoms with E-state index in [1.165, 1.54) is 45.2 Å². The molecule has 2 fully saturated rings. The first-order chi connectivity index (χ1) is 7.12. The Labute approximate surface area is 103 Å². The molecule has 0 aromatic rings. The minimum absolute atomic E-state index is 0.437. The first-order valence-corrected chi connectivity index (χ1v) is 7.54. The molecular weight excluding hydrogens is 250 g/mol. The largest absolute Gasteiger partial charge is 0.300 e. The van der Waals surface area contributed by atoms with Crippen molar-refractivity contribution in [1.29, 1.82) is 0 Å². The molecule has 2 heteroatoms. The van der Waals surface area contributed by atoms with E-state index in [9.17, 15) is 0 Å². The van der Waals surface area contributed by atoms with Crippen LogP contribution >= 0.6 is 15.9 Å². The van der Waals surface area contributed by atoms with Gasteiger partial charge < -0.3 is 0 Å². The van der Waals surface area contributed by atoms with E-state index in [2.05, 4.69) is 34.7 Å². The smallest absolute Gasteiger partial charge is 0.0124 e. The SMILES string of the molecule is CC(C)(CBr)CN1CCC2CCCCC21. The van der Waals surface area contributed by atoms with Gasteiger partial charge in [0, 0.05) is 17.9 Å². The van der Waals surface area contributed by atoms with Crippen molar-refractivity contribution in [2.75, 3.05) is 18.4 Å². The van der Waals surface area contributed by atoms with Gasteiger partial charge in [-0.15, -0.1) is 0 Å². The highest BCUT2D eigenvalue weighted by atomic mass is 79.9. The summed E-state index contributed by atoms with van der Waals surface area (Å²) in [6.07, 6.45) is 7.37. The zero-order chi connectivity index (χ0) is 10.9. The lowest BCUT2D eigenvalue weighted by Crippen LogP contribution is -2.41. The van der Waals surface area contributed by atoms with Crippen LogP contribution in [0.2, 0.25) is 0 Å². The minimum Gasteiger partial charge on any atom is -0.300 e. The Morgan fingerprint density at radius 1 is 1.20 bits per heavy atom. The Morgan fingerprint density at radius 3 is 2.67 bits per heavy atom. The molecule has 0 N–H and O–H groups in total. The fourth-order valence-corrected chi connectivity index (χ4v) is 3.47. The molecule has 2 atom stereocenters. The summed E-state index contributed by atoms with van der Waals surface area (Å²) in [5, 5.41) is 1.12. The second-order valence-electron chi connectivity index (χ2n) is 6.17. The highest BCUT2D eigenvalue weighted by Gasteiger charge is 2.37. The van der Waals surface area contributed by atoms with E-state index in [1.54, 1.807) is 0 Å². The van der Waals surface area contributed by atoms with Gasteiger partial charge in [-0.05, 0) is 37.1 Å². The van der Waals surface area contributed by atoms with Crippen LogP contribution in [0.15, 0.2) is 0 Å². The molecule has 0 radical (unpaired) electrons. The summed E-state index contributed by atoms with van der Waals surface area (Å²) in [5.41, 5.74) is 0.437. The van der Waals surface area contributed by atoms with Crippen LogP contribution < -0.4 is 0 Å². The van der Waals surface area contributed by atoms with Gasteiger partial charge in [0.15, 0.2) is 0 Å². The van der Waals surface area contributed by atoms with Crippen molar-refractivity contribution in [2.45, 2.75) is 52.0 Å². The molecule has 1 aliphatic carbocycles. The molecule has 0 amide bonds. The standard InChI is InChI=1S/C13H24BrN/c1-13(2,9-14)10-15-8-7-11-5-3-4-6-12(11)15/h11-12H,3-10H2,1-2H3. The summed E-state index contributed by atoms with van der Waals surface area (Å²) >= 11 is 3.64. The summed E-state index contributed by atoms with van der Waals surface area (Å²) in [4.78, 5) is 2.77. The molecule has 2 rings (SSSR count). The molecule has 15 heavy (non-hydrogen) atoms. The summed E-state index contributed by atoms with van der Waals surface area (Å²) < 4.78 is 0. The second-order valence-corrected chi connectivity index (χ2v) is 6.73. The molecule has 0 aromatic heterocycles. The average molecular weight is 274 g/mol.